The molecule has 0 aliphatic heterocycles. The van der Waals surface area contributed by atoms with E-state index < -0.39 is 10.8 Å². The number of aryl methyl sites for hydroxylation is 2. The number of hydrogen-bond donors (Lipinski definition) is 1. The van der Waals surface area contributed by atoms with Crippen LogP contribution in [0.25, 0.3) is 5.69 Å². The summed E-state index contributed by atoms with van der Waals surface area (Å²) in [7, 11) is 0. The Morgan fingerprint density at radius 1 is 1.29 bits per heavy atom. The van der Waals surface area contributed by atoms with Crippen molar-refractivity contribution < 1.29 is 9.72 Å². The molecule has 1 amide bonds. The van der Waals surface area contributed by atoms with E-state index in [9.17, 15) is 14.9 Å². The normalized spacial score (nSPS) is 10.7. The van der Waals surface area contributed by atoms with Crippen molar-refractivity contribution in [1.82, 2.24) is 20.2 Å². The van der Waals surface area contributed by atoms with E-state index in [-0.39, 0.29) is 17.1 Å². The van der Waals surface area contributed by atoms with E-state index in [0.717, 1.165) is 33.0 Å². The third-order valence-electron chi connectivity index (χ3n) is 3.82. The first kappa shape index (κ1) is 20.0. The minimum atomic E-state index is -0.539. The lowest BCUT2D eigenvalue weighted by Crippen LogP contribution is -2.15. The number of nitro groups is 1. The molecule has 0 atom stereocenters. The summed E-state index contributed by atoms with van der Waals surface area (Å²) in [6.07, 6.45) is 0. The van der Waals surface area contributed by atoms with Gasteiger partial charge in [0.05, 0.1) is 16.4 Å². The number of halogens is 1. The van der Waals surface area contributed by atoms with Crippen molar-refractivity contribution in [2.24, 2.45) is 0 Å². The molecule has 1 N–H and O–H groups in total. The SMILES string of the molecule is Cc1cc(Br)cc(C)c1-n1nnnc1SCC(=O)Nc1ccccc1[N+](=O)[O-]. The Labute approximate surface area is 172 Å². The molecule has 144 valence electrons. The number of carbonyl (C=O) groups excluding carboxylic acids is 1. The fourth-order valence-electron chi connectivity index (χ4n) is 2.70. The van der Waals surface area contributed by atoms with Crippen molar-refractivity contribution in [2.75, 3.05) is 11.1 Å². The summed E-state index contributed by atoms with van der Waals surface area (Å²) in [6, 6.07) is 9.90. The number of tetrazole rings is 1. The lowest BCUT2D eigenvalue weighted by molar-refractivity contribution is -0.383. The fraction of sp³-hybridized carbons (Fsp3) is 0.176. The number of carbonyl (C=O) groups is 1. The summed E-state index contributed by atoms with van der Waals surface area (Å²) >= 11 is 4.60. The molecule has 2 aromatic carbocycles. The second-order valence-electron chi connectivity index (χ2n) is 5.87. The van der Waals surface area contributed by atoms with Crippen LogP contribution in [0.3, 0.4) is 0 Å². The monoisotopic (exact) mass is 462 g/mol. The third kappa shape index (κ3) is 4.37. The average Bonchev–Trinajstić information content (AvgIpc) is 3.07. The highest BCUT2D eigenvalue weighted by molar-refractivity contribution is 9.10. The summed E-state index contributed by atoms with van der Waals surface area (Å²) in [5.41, 5.74) is 2.79. The highest BCUT2D eigenvalue weighted by atomic mass is 79.9. The van der Waals surface area contributed by atoms with E-state index in [1.165, 1.54) is 12.1 Å². The van der Waals surface area contributed by atoms with E-state index in [1.807, 2.05) is 26.0 Å². The molecule has 0 aliphatic rings. The zero-order valence-electron chi connectivity index (χ0n) is 14.9. The van der Waals surface area contributed by atoms with Gasteiger partial charge in [-0.3, -0.25) is 14.9 Å². The highest BCUT2D eigenvalue weighted by Crippen LogP contribution is 2.27. The van der Waals surface area contributed by atoms with Gasteiger partial charge in [0.15, 0.2) is 0 Å². The Balaban J connectivity index is 1.75. The topological polar surface area (TPSA) is 116 Å². The zero-order chi connectivity index (χ0) is 20.3. The Hall–Kier alpha value is -2.79. The minimum absolute atomic E-state index is 0.00104. The van der Waals surface area contributed by atoms with Crippen molar-refractivity contribution in [2.45, 2.75) is 19.0 Å². The number of benzene rings is 2. The number of thioether (sulfide) groups is 1. The maximum Gasteiger partial charge on any atom is 0.292 e. The number of nitro benzene ring substituents is 1. The van der Waals surface area contributed by atoms with Crippen LogP contribution in [-0.4, -0.2) is 36.8 Å². The first-order valence-electron chi connectivity index (χ1n) is 8.08. The summed E-state index contributed by atoms with van der Waals surface area (Å²) in [4.78, 5) is 22.8. The van der Waals surface area contributed by atoms with Gasteiger partial charge in [0.1, 0.15) is 5.69 Å². The highest BCUT2D eigenvalue weighted by Gasteiger charge is 2.18. The molecule has 3 aromatic rings. The largest absolute Gasteiger partial charge is 0.320 e. The van der Waals surface area contributed by atoms with E-state index >= 15 is 0 Å². The predicted octanol–water partition coefficient (Wildman–Crippen LogP) is 3.68. The van der Waals surface area contributed by atoms with Gasteiger partial charge in [-0.15, -0.1) is 5.10 Å². The Kier molecular flexibility index (Phi) is 6.05. The quantitative estimate of drug-likeness (QED) is 0.337. The molecule has 0 aliphatic carbocycles. The van der Waals surface area contributed by atoms with Gasteiger partial charge >= 0.3 is 0 Å². The van der Waals surface area contributed by atoms with Crippen molar-refractivity contribution in [3.63, 3.8) is 0 Å². The maximum atomic E-state index is 12.3. The number of rotatable bonds is 6. The van der Waals surface area contributed by atoms with Gasteiger partial charge < -0.3 is 5.32 Å². The van der Waals surface area contributed by atoms with Gasteiger partial charge in [0, 0.05) is 10.5 Å². The van der Waals surface area contributed by atoms with Crippen LogP contribution in [0, 0.1) is 24.0 Å². The molecular weight excluding hydrogens is 448 g/mol. The van der Waals surface area contributed by atoms with Crippen LogP contribution in [0.1, 0.15) is 11.1 Å². The fourth-order valence-corrected chi connectivity index (χ4v) is 4.06. The van der Waals surface area contributed by atoms with E-state index in [0.29, 0.717) is 5.16 Å². The number of hydrogen-bond acceptors (Lipinski definition) is 7. The Bertz CT molecular complexity index is 1030. The van der Waals surface area contributed by atoms with Gasteiger partial charge in [0.25, 0.3) is 5.69 Å². The third-order valence-corrected chi connectivity index (χ3v) is 5.19. The van der Waals surface area contributed by atoms with Gasteiger partial charge in [-0.05, 0) is 53.6 Å². The molecule has 1 heterocycles. The first-order chi connectivity index (χ1) is 13.4. The van der Waals surface area contributed by atoms with Crippen LogP contribution in [0.15, 0.2) is 46.0 Å². The second kappa shape index (κ2) is 8.48. The summed E-state index contributed by atoms with van der Waals surface area (Å²) in [5.74, 6) is -0.390. The van der Waals surface area contributed by atoms with Crippen molar-refractivity contribution in [3.8, 4) is 5.69 Å². The molecular formula is C17H15BrN6O3S. The number of anilines is 1. The van der Waals surface area contributed by atoms with Gasteiger partial charge in [-0.25, -0.2) is 0 Å². The molecule has 0 saturated heterocycles. The van der Waals surface area contributed by atoms with Gasteiger partial charge in [0.2, 0.25) is 11.1 Å². The zero-order valence-corrected chi connectivity index (χ0v) is 17.3. The number of aromatic nitrogens is 4. The molecule has 0 fully saturated rings. The molecule has 0 radical (unpaired) electrons. The number of para-hydroxylation sites is 2. The van der Waals surface area contributed by atoms with Crippen molar-refractivity contribution in [3.05, 3.63) is 62.1 Å². The molecule has 0 unspecified atom stereocenters. The molecule has 1 aromatic heterocycles. The number of nitrogens with one attached hydrogen (secondary N) is 1. The lowest BCUT2D eigenvalue weighted by atomic mass is 10.1. The molecule has 0 spiro atoms. The molecule has 11 heteroatoms. The maximum absolute atomic E-state index is 12.3. The minimum Gasteiger partial charge on any atom is -0.320 e. The van der Waals surface area contributed by atoms with Crippen LogP contribution >= 0.6 is 27.7 Å². The molecule has 28 heavy (non-hydrogen) atoms. The standard InChI is InChI=1S/C17H15BrN6O3S/c1-10-7-12(18)8-11(2)16(10)23-17(20-21-22-23)28-9-15(25)19-13-5-3-4-6-14(13)24(26)27/h3-8H,9H2,1-2H3,(H,19,25). The Morgan fingerprint density at radius 2 is 1.96 bits per heavy atom. The van der Waals surface area contributed by atoms with Crippen molar-refractivity contribution in [1.29, 1.82) is 0 Å². The smallest absolute Gasteiger partial charge is 0.292 e. The molecule has 0 bridgehead atoms. The predicted molar refractivity (Wildman–Crippen MR) is 109 cm³/mol. The Morgan fingerprint density at radius 3 is 2.64 bits per heavy atom. The van der Waals surface area contributed by atoms with Gasteiger partial charge in [-0.2, -0.15) is 4.68 Å². The lowest BCUT2D eigenvalue weighted by Gasteiger charge is -2.11. The molecule has 0 saturated carbocycles. The number of nitrogens with zero attached hydrogens (tertiary/aromatic N) is 5. The van der Waals surface area contributed by atoms with E-state index in [4.69, 9.17) is 0 Å². The van der Waals surface area contributed by atoms with Gasteiger partial charge in [-0.1, -0.05) is 39.8 Å². The average molecular weight is 463 g/mol. The van der Waals surface area contributed by atoms with E-state index in [2.05, 4.69) is 36.8 Å². The second-order valence-corrected chi connectivity index (χ2v) is 7.73. The summed E-state index contributed by atoms with van der Waals surface area (Å²) < 4.78 is 2.54. The summed E-state index contributed by atoms with van der Waals surface area (Å²) in [5, 5.41) is 25.8. The van der Waals surface area contributed by atoms with Crippen LogP contribution in [-0.2, 0) is 4.79 Å². The van der Waals surface area contributed by atoms with Crippen LogP contribution in [0.4, 0.5) is 11.4 Å². The van der Waals surface area contributed by atoms with Crippen LogP contribution in [0.5, 0.6) is 0 Å². The molecule has 3 rings (SSSR count). The van der Waals surface area contributed by atoms with Crippen LogP contribution < -0.4 is 5.32 Å². The number of amides is 1. The summed E-state index contributed by atoms with van der Waals surface area (Å²) in [6.45, 7) is 3.90. The molecule has 9 nitrogen and oxygen atoms in total. The van der Waals surface area contributed by atoms with Crippen molar-refractivity contribution >= 4 is 45.0 Å². The first-order valence-corrected chi connectivity index (χ1v) is 9.86. The van der Waals surface area contributed by atoms with E-state index in [1.54, 1.807) is 16.8 Å². The van der Waals surface area contributed by atoms with Crippen LogP contribution in [0.2, 0.25) is 0 Å².